The van der Waals surface area contributed by atoms with Gasteiger partial charge in [-0.3, -0.25) is 14.4 Å². The van der Waals surface area contributed by atoms with Crippen LogP contribution in [-0.2, 0) is 39.7 Å². The summed E-state index contributed by atoms with van der Waals surface area (Å²) in [5.41, 5.74) is 2.19. The maximum atomic E-state index is 14.1. The molecule has 1 heterocycles. The number of aromatic hydroxyl groups is 2. The van der Waals surface area contributed by atoms with Crippen LogP contribution in [0.2, 0.25) is 0 Å². The van der Waals surface area contributed by atoms with Crippen molar-refractivity contribution in [3.63, 3.8) is 0 Å². The van der Waals surface area contributed by atoms with Crippen LogP contribution in [-0.4, -0.2) is 99.7 Å². The third-order valence-corrected chi connectivity index (χ3v) is 9.19. The van der Waals surface area contributed by atoms with E-state index in [4.69, 9.17) is 34.2 Å². The second kappa shape index (κ2) is 13.7. The van der Waals surface area contributed by atoms with Crippen LogP contribution in [0.25, 0.3) is 0 Å². The molecule has 5 rings (SSSR count). The van der Waals surface area contributed by atoms with Crippen LogP contribution in [0.15, 0.2) is 18.2 Å². The number of aliphatic hydroxyl groups excluding tert-OH is 1. The molecule has 0 amide bonds. The predicted molar refractivity (Wildman–Crippen MR) is 167 cm³/mol. The average Bonchev–Trinajstić information content (AvgIpc) is 3.03. The summed E-state index contributed by atoms with van der Waals surface area (Å²) in [6.07, 6.45) is -4.99. The fraction of sp³-hybridized carbons (Fsp3) is 0.529. The van der Waals surface area contributed by atoms with Gasteiger partial charge in [0.25, 0.3) is 5.79 Å². The Kier molecular flexibility index (Phi) is 10.2. The number of ketones is 3. The van der Waals surface area contributed by atoms with Gasteiger partial charge in [-0.1, -0.05) is 12.1 Å². The van der Waals surface area contributed by atoms with Gasteiger partial charge in [-0.05, 0) is 33.8 Å². The highest BCUT2D eigenvalue weighted by Crippen LogP contribution is 2.52. The van der Waals surface area contributed by atoms with Gasteiger partial charge in [0.2, 0.25) is 12.6 Å². The van der Waals surface area contributed by atoms with Gasteiger partial charge in [-0.2, -0.15) is 0 Å². The molecule has 1 saturated heterocycles. The van der Waals surface area contributed by atoms with Crippen LogP contribution in [0.5, 0.6) is 17.2 Å². The highest BCUT2D eigenvalue weighted by molar-refractivity contribution is 6.31. The Bertz CT molecular complexity index is 1650. The number of hydrogen-bond acceptors (Lipinski definition) is 15. The number of benzene rings is 2. The van der Waals surface area contributed by atoms with Crippen LogP contribution in [0.3, 0.4) is 0 Å². The van der Waals surface area contributed by atoms with Crippen LogP contribution >= 0.6 is 0 Å². The van der Waals surface area contributed by atoms with E-state index in [-0.39, 0.29) is 47.6 Å². The molecule has 2 aliphatic carbocycles. The number of fused-ring (bicyclic) bond motifs is 3. The molecule has 15 heteroatoms. The van der Waals surface area contributed by atoms with Gasteiger partial charge in [0, 0.05) is 62.1 Å². The Hall–Kier alpha value is -3.96. The molecule has 2 aromatic carbocycles. The van der Waals surface area contributed by atoms with Gasteiger partial charge >= 0.3 is 5.97 Å². The lowest BCUT2D eigenvalue weighted by atomic mass is 9.72. The van der Waals surface area contributed by atoms with Crippen molar-refractivity contribution in [1.29, 1.82) is 0 Å². The zero-order chi connectivity index (χ0) is 36.0. The van der Waals surface area contributed by atoms with E-state index < -0.39 is 108 Å². The second-order valence-corrected chi connectivity index (χ2v) is 12.4. The predicted octanol–water partition coefficient (Wildman–Crippen LogP) is 1.69. The lowest BCUT2D eigenvalue weighted by Gasteiger charge is -2.42. The summed E-state index contributed by atoms with van der Waals surface area (Å²) in [6, 6.07) is 3.36. The highest BCUT2D eigenvalue weighted by atomic mass is 16.7. The van der Waals surface area contributed by atoms with E-state index in [1.165, 1.54) is 25.1 Å². The first-order valence-corrected chi connectivity index (χ1v) is 16.0. The molecule has 2 aromatic rings. The topological polar surface area (TPSA) is 231 Å². The molecule has 1 fully saturated rings. The largest absolute Gasteiger partial charge is 0.507 e. The third kappa shape index (κ3) is 6.43. The maximum absolute atomic E-state index is 14.1. The lowest BCUT2D eigenvalue weighted by Crippen LogP contribution is -2.52. The quantitative estimate of drug-likeness (QED) is 0.110. The van der Waals surface area contributed by atoms with Gasteiger partial charge in [0.1, 0.15) is 22.8 Å². The number of hydrogen-bond donors (Lipinski definition) is 5. The summed E-state index contributed by atoms with van der Waals surface area (Å²) in [5, 5.41) is 44.9. The Morgan fingerprint density at radius 2 is 1.71 bits per heavy atom. The smallest absolute Gasteiger partial charge is 0.369 e. The normalized spacial score (nSPS) is 26.4. The van der Waals surface area contributed by atoms with Crippen molar-refractivity contribution in [3.05, 3.63) is 51.6 Å². The van der Waals surface area contributed by atoms with Crippen molar-refractivity contribution in [2.24, 2.45) is 5.73 Å². The van der Waals surface area contributed by atoms with Crippen LogP contribution in [0.4, 0.5) is 0 Å². The van der Waals surface area contributed by atoms with Crippen LogP contribution in [0, 0.1) is 0 Å². The molecular formula is C34H41NO14. The molecule has 1 aliphatic heterocycles. The molecule has 6 N–H and O–H groups in total. The van der Waals surface area contributed by atoms with E-state index in [0.717, 1.165) is 6.92 Å². The molecule has 0 saturated carbocycles. The Morgan fingerprint density at radius 1 is 1.06 bits per heavy atom. The summed E-state index contributed by atoms with van der Waals surface area (Å²) in [6.45, 7) is 7.07. The summed E-state index contributed by atoms with van der Waals surface area (Å²) in [4.78, 5) is 53.4. The van der Waals surface area contributed by atoms with Gasteiger partial charge in [-0.15, -0.1) is 0 Å². The van der Waals surface area contributed by atoms with Crippen molar-refractivity contribution in [2.45, 2.75) is 95.9 Å². The lowest BCUT2D eigenvalue weighted by molar-refractivity contribution is -0.247. The number of rotatable bonds is 11. The number of phenolic OH excluding ortho intramolecular Hbond substituents is 2. The van der Waals surface area contributed by atoms with E-state index in [9.17, 15) is 39.6 Å². The Labute approximate surface area is 281 Å². The van der Waals surface area contributed by atoms with E-state index in [1.54, 1.807) is 20.8 Å². The summed E-state index contributed by atoms with van der Waals surface area (Å²) < 4.78 is 33.5. The van der Waals surface area contributed by atoms with E-state index in [2.05, 4.69) is 0 Å². The Balaban J connectivity index is 1.53. The summed E-state index contributed by atoms with van der Waals surface area (Å²) in [7, 11) is 0. The first-order chi connectivity index (χ1) is 23.1. The van der Waals surface area contributed by atoms with Crippen LogP contribution < -0.4 is 10.5 Å². The van der Waals surface area contributed by atoms with Crippen molar-refractivity contribution >= 4 is 23.3 Å². The van der Waals surface area contributed by atoms with Gasteiger partial charge in [-0.25, -0.2) is 4.79 Å². The van der Waals surface area contributed by atoms with Crippen molar-refractivity contribution in [2.75, 3.05) is 20.0 Å². The number of phenols is 2. The minimum absolute atomic E-state index is 0.0118. The van der Waals surface area contributed by atoms with Crippen LogP contribution in [0.1, 0.15) is 96.5 Å². The van der Waals surface area contributed by atoms with Gasteiger partial charge in [0.15, 0.2) is 17.9 Å². The number of carbonyl (C=O) groups excluding carboxylic acids is 4. The fourth-order valence-electron chi connectivity index (χ4n) is 6.60. The molecular weight excluding hydrogens is 646 g/mol. The number of Topliss-reactive ketones (excluding diaryl/α,β-unsaturated/α-hetero) is 1. The zero-order valence-corrected chi connectivity index (χ0v) is 27.8. The third-order valence-electron chi connectivity index (χ3n) is 9.19. The molecule has 266 valence electrons. The van der Waals surface area contributed by atoms with Crippen molar-refractivity contribution < 1.29 is 68.0 Å². The van der Waals surface area contributed by atoms with Crippen molar-refractivity contribution in [1.82, 2.24) is 0 Å². The molecule has 0 radical (unpaired) electrons. The zero-order valence-electron chi connectivity index (χ0n) is 27.8. The molecule has 6 atom stereocenters. The summed E-state index contributed by atoms with van der Waals surface area (Å²) in [5.74, 6) is -6.59. The first-order valence-electron chi connectivity index (χ1n) is 16.0. The molecule has 4 unspecified atom stereocenters. The molecule has 0 aromatic heterocycles. The SMILES string of the molecule is CCOC(C)(OCC)C(=O)OCOc1cccc2c1C(=O)c1c(O)c3c(c(O)c1C2=O)C[C@@](O)(C(C)=O)C[C@@H]3OC1CC(N)C(O)C(C)O1. The maximum Gasteiger partial charge on any atom is 0.369 e. The molecule has 0 spiro atoms. The number of aliphatic hydroxyl groups is 2. The summed E-state index contributed by atoms with van der Waals surface area (Å²) >= 11 is 0. The van der Waals surface area contributed by atoms with Gasteiger partial charge in [0.05, 0.1) is 35.0 Å². The minimum atomic E-state index is -2.07. The number of carbonyl (C=O) groups is 4. The fourth-order valence-corrected chi connectivity index (χ4v) is 6.60. The van der Waals surface area contributed by atoms with E-state index in [0.29, 0.717) is 0 Å². The standard InChI is InChI=1S/C34H41NO14/c1-6-46-33(5,47-7-2)32(42)45-14-44-20-10-8-9-17-23(20)30(40)26-25(28(17)38)29(39)18-12-34(43,16(4)36)13-21(24(18)31(26)41)49-22-11-19(35)27(37)15(3)48-22/h8-10,15,19,21-22,27,37,39,41,43H,6-7,11-14,35H2,1-5H3/t15?,19?,21-,22?,27?,34-/m0/s1. The molecule has 49 heavy (non-hydrogen) atoms. The average molecular weight is 688 g/mol. The monoisotopic (exact) mass is 687 g/mol. The number of esters is 1. The number of nitrogens with two attached hydrogens (primary N) is 1. The highest BCUT2D eigenvalue weighted by Gasteiger charge is 2.49. The van der Waals surface area contributed by atoms with E-state index in [1.807, 2.05) is 0 Å². The molecule has 15 nitrogen and oxygen atoms in total. The second-order valence-electron chi connectivity index (χ2n) is 12.4. The minimum Gasteiger partial charge on any atom is -0.507 e. The van der Waals surface area contributed by atoms with E-state index >= 15 is 0 Å². The molecule has 0 bridgehead atoms. The number of ether oxygens (including phenoxy) is 6. The Morgan fingerprint density at radius 3 is 2.33 bits per heavy atom. The first kappa shape index (κ1) is 36.3. The van der Waals surface area contributed by atoms with Gasteiger partial charge < -0.3 is 54.6 Å². The molecule has 3 aliphatic rings. The van der Waals surface area contributed by atoms with Crippen molar-refractivity contribution in [3.8, 4) is 17.2 Å².